The normalized spacial score (nSPS) is 17.3. The number of hydrogen-bond donors (Lipinski definition) is 0. The Kier molecular flexibility index (Phi) is 5.73. The average Bonchev–Trinajstić information content (AvgIpc) is 2.75. The number of aromatic nitrogens is 4. The van der Waals surface area contributed by atoms with Gasteiger partial charge >= 0.3 is 0 Å². The Balaban J connectivity index is 1.47. The van der Waals surface area contributed by atoms with Gasteiger partial charge in [0.15, 0.2) is 0 Å². The summed E-state index contributed by atoms with van der Waals surface area (Å²) in [6, 6.07) is 6.57. The first-order valence-electron chi connectivity index (χ1n) is 9.49. The van der Waals surface area contributed by atoms with Gasteiger partial charge in [-0.1, -0.05) is 12.1 Å². The first kappa shape index (κ1) is 19.4. The van der Waals surface area contributed by atoms with Crippen molar-refractivity contribution < 1.29 is 9.13 Å². The van der Waals surface area contributed by atoms with Crippen LogP contribution in [-0.2, 0) is 11.3 Å². The molecule has 1 saturated heterocycles. The minimum absolute atomic E-state index is 0.218. The van der Waals surface area contributed by atoms with Crippen molar-refractivity contribution in [3.05, 3.63) is 66.1 Å². The maximum absolute atomic E-state index is 14.1. The molecule has 0 N–H and O–H groups in total. The Labute approximate surface area is 169 Å². The number of halogens is 1. The van der Waals surface area contributed by atoms with Crippen LogP contribution in [0.1, 0.15) is 17.4 Å². The lowest BCUT2D eigenvalue weighted by Crippen LogP contribution is -2.38. The summed E-state index contributed by atoms with van der Waals surface area (Å²) < 4.78 is 20.0. The third-order valence-electron chi connectivity index (χ3n) is 4.78. The fraction of sp³-hybridized carbons (Fsp3) is 0.333. The van der Waals surface area contributed by atoms with E-state index in [0.717, 1.165) is 18.7 Å². The smallest absolute Gasteiger partial charge is 0.224 e. The highest BCUT2D eigenvalue weighted by Crippen LogP contribution is 2.25. The lowest BCUT2D eigenvalue weighted by molar-refractivity contribution is -0.0351. The fourth-order valence-electron chi connectivity index (χ4n) is 3.28. The molecule has 29 heavy (non-hydrogen) atoms. The predicted molar refractivity (Wildman–Crippen MR) is 108 cm³/mol. The molecule has 3 heterocycles. The monoisotopic (exact) mass is 394 g/mol. The molecule has 3 aromatic rings. The zero-order valence-corrected chi connectivity index (χ0v) is 16.5. The summed E-state index contributed by atoms with van der Waals surface area (Å²) in [7, 11) is 3.83. The number of nitrogens with zero attached hydrogens (tertiary/aromatic N) is 6. The summed E-state index contributed by atoms with van der Waals surface area (Å²) in [5.74, 6) is 0.375. The van der Waals surface area contributed by atoms with Gasteiger partial charge in [0.05, 0.1) is 30.4 Å². The van der Waals surface area contributed by atoms with E-state index in [1.165, 1.54) is 6.07 Å². The number of anilines is 1. The molecule has 0 aliphatic carbocycles. The Morgan fingerprint density at radius 2 is 1.93 bits per heavy atom. The molecule has 1 aromatic carbocycles. The lowest BCUT2D eigenvalue weighted by Gasteiger charge is -2.32. The molecule has 0 amide bonds. The van der Waals surface area contributed by atoms with Crippen LogP contribution in [-0.4, -0.2) is 58.6 Å². The summed E-state index contributed by atoms with van der Waals surface area (Å²) in [6.45, 7) is 2.80. The van der Waals surface area contributed by atoms with Crippen molar-refractivity contribution in [3.63, 3.8) is 0 Å². The molecule has 0 bridgehead atoms. The first-order valence-corrected chi connectivity index (χ1v) is 9.49. The third-order valence-corrected chi connectivity index (χ3v) is 4.78. The van der Waals surface area contributed by atoms with Crippen molar-refractivity contribution in [2.45, 2.75) is 12.6 Å². The second-order valence-corrected chi connectivity index (χ2v) is 7.19. The maximum Gasteiger partial charge on any atom is 0.224 e. The highest BCUT2D eigenvalue weighted by atomic mass is 19.1. The molecule has 2 aromatic heterocycles. The quantitative estimate of drug-likeness (QED) is 0.659. The molecule has 7 nitrogen and oxygen atoms in total. The van der Waals surface area contributed by atoms with E-state index in [2.05, 4.69) is 24.8 Å². The summed E-state index contributed by atoms with van der Waals surface area (Å²) in [6.07, 6.45) is 6.75. The molecular weight excluding hydrogens is 371 g/mol. The van der Waals surface area contributed by atoms with Crippen LogP contribution in [0.15, 0.2) is 49.1 Å². The fourth-order valence-corrected chi connectivity index (χ4v) is 3.28. The predicted octanol–water partition coefficient (Wildman–Crippen LogP) is 2.71. The van der Waals surface area contributed by atoms with Crippen LogP contribution < -0.4 is 4.90 Å². The minimum atomic E-state index is -0.314. The Hall–Kier alpha value is -2.97. The molecule has 0 radical (unpaired) electrons. The summed E-state index contributed by atoms with van der Waals surface area (Å²) in [5.41, 5.74) is 2.69. The van der Waals surface area contributed by atoms with Crippen molar-refractivity contribution in [2.75, 3.05) is 38.7 Å². The van der Waals surface area contributed by atoms with Gasteiger partial charge in [0, 0.05) is 57.3 Å². The number of hydrogen-bond acceptors (Lipinski definition) is 7. The number of benzene rings is 1. The topological polar surface area (TPSA) is 67.3 Å². The summed E-state index contributed by atoms with van der Waals surface area (Å²) in [5, 5.41) is 0. The van der Waals surface area contributed by atoms with E-state index in [1.54, 1.807) is 30.6 Å². The molecule has 0 saturated carbocycles. The summed E-state index contributed by atoms with van der Waals surface area (Å²) >= 11 is 0. The number of ether oxygens (including phenoxy) is 1. The molecule has 1 fully saturated rings. The SMILES string of the molecule is CN(C)c1ncc(CN2CCOC(c3cncc(-c4ccccc4F)n3)C2)cn1. The highest BCUT2D eigenvalue weighted by molar-refractivity contribution is 5.58. The van der Waals surface area contributed by atoms with Crippen LogP contribution in [0.4, 0.5) is 10.3 Å². The van der Waals surface area contributed by atoms with Crippen molar-refractivity contribution in [3.8, 4) is 11.3 Å². The van der Waals surface area contributed by atoms with Crippen LogP contribution in [0.2, 0.25) is 0 Å². The second kappa shape index (κ2) is 8.59. The van der Waals surface area contributed by atoms with Gasteiger partial charge in [-0.3, -0.25) is 9.88 Å². The van der Waals surface area contributed by atoms with Crippen molar-refractivity contribution in [1.82, 2.24) is 24.8 Å². The molecule has 8 heteroatoms. The van der Waals surface area contributed by atoms with Crippen molar-refractivity contribution >= 4 is 5.95 Å². The van der Waals surface area contributed by atoms with Gasteiger partial charge in [0.25, 0.3) is 0 Å². The van der Waals surface area contributed by atoms with Gasteiger partial charge in [0.1, 0.15) is 11.9 Å². The third kappa shape index (κ3) is 4.55. The number of rotatable bonds is 5. The van der Waals surface area contributed by atoms with E-state index in [4.69, 9.17) is 4.74 Å². The summed E-state index contributed by atoms with van der Waals surface area (Å²) in [4.78, 5) is 21.8. The van der Waals surface area contributed by atoms with Crippen LogP contribution in [0.3, 0.4) is 0 Å². The van der Waals surface area contributed by atoms with Crippen molar-refractivity contribution in [1.29, 1.82) is 0 Å². The Morgan fingerprint density at radius 1 is 1.14 bits per heavy atom. The minimum Gasteiger partial charge on any atom is -0.369 e. The van der Waals surface area contributed by atoms with Crippen molar-refractivity contribution in [2.24, 2.45) is 0 Å². The standard InChI is InChI=1S/C21H23FN6O/c1-27(2)21-24-9-15(10-25-21)13-28-7-8-29-20(14-28)19-12-23-11-18(26-19)16-5-3-4-6-17(16)22/h3-6,9-12,20H,7-8,13-14H2,1-2H3. The second-order valence-electron chi connectivity index (χ2n) is 7.19. The molecule has 4 rings (SSSR count). The molecule has 0 spiro atoms. The lowest BCUT2D eigenvalue weighted by atomic mass is 10.1. The Morgan fingerprint density at radius 3 is 2.69 bits per heavy atom. The largest absolute Gasteiger partial charge is 0.369 e. The van der Waals surface area contributed by atoms with E-state index in [9.17, 15) is 4.39 Å². The van der Waals surface area contributed by atoms with Gasteiger partial charge in [0.2, 0.25) is 5.95 Å². The maximum atomic E-state index is 14.1. The van der Waals surface area contributed by atoms with Crippen LogP contribution >= 0.6 is 0 Å². The molecular formula is C21H23FN6O. The van der Waals surface area contributed by atoms with E-state index in [0.29, 0.717) is 36.1 Å². The molecule has 1 aliphatic rings. The van der Waals surface area contributed by atoms with Crippen LogP contribution in [0.5, 0.6) is 0 Å². The highest BCUT2D eigenvalue weighted by Gasteiger charge is 2.24. The van der Waals surface area contributed by atoms with Gasteiger partial charge in [-0.25, -0.2) is 19.3 Å². The zero-order valence-electron chi connectivity index (χ0n) is 16.5. The van der Waals surface area contributed by atoms with E-state index in [-0.39, 0.29) is 11.9 Å². The Bertz CT molecular complexity index is 965. The average molecular weight is 394 g/mol. The number of morpholine rings is 1. The van der Waals surface area contributed by atoms with Gasteiger partial charge < -0.3 is 9.64 Å². The van der Waals surface area contributed by atoms with E-state index < -0.39 is 0 Å². The molecule has 150 valence electrons. The molecule has 1 atom stereocenters. The van der Waals surface area contributed by atoms with Gasteiger partial charge in [-0.2, -0.15) is 0 Å². The van der Waals surface area contributed by atoms with Crippen LogP contribution in [0, 0.1) is 5.82 Å². The molecule has 1 aliphatic heterocycles. The van der Waals surface area contributed by atoms with Gasteiger partial charge in [-0.05, 0) is 12.1 Å². The molecule has 1 unspecified atom stereocenters. The van der Waals surface area contributed by atoms with E-state index >= 15 is 0 Å². The van der Waals surface area contributed by atoms with Gasteiger partial charge in [-0.15, -0.1) is 0 Å². The van der Waals surface area contributed by atoms with Crippen LogP contribution in [0.25, 0.3) is 11.3 Å². The zero-order chi connectivity index (χ0) is 20.2. The first-order chi connectivity index (χ1) is 14.1. The van der Waals surface area contributed by atoms with E-state index in [1.807, 2.05) is 31.4 Å².